The van der Waals surface area contributed by atoms with Gasteiger partial charge in [0.2, 0.25) is 0 Å². The maximum absolute atomic E-state index is 9.35. The number of phenolic OH excluding ortho intramolecular Hbond substituents is 2. The predicted octanol–water partition coefficient (Wildman–Crippen LogP) is 9.26. The zero-order valence-corrected chi connectivity index (χ0v) is 19.2. The summed E-state index contributed by atoms with van der Waals surface area (Å²) in [6, 6.07) is 37.4. The van der Waals surface area contributed by atoms with Crippen LogP contribution >= 0.6 is 0 Å². The van der Waals surface area contributed by atoms with Gasteiger partial charge in [0.25, 0.3) is 0 Å². The van der Waals surface area contributed by atoms with Crippen molar-refractivity contribution in [1.82, 2.24) is 0 Å². The largest absolute Gasteiger partial charge is 0.508 e. The van der Waals surface area contributed by atoms with E-state index in [1.165, 1.54) is 0 Å². The fraction of sp³-hybridized carbons (Fsp3) is 0. The summed E-state index contributed by atoms with van der Waals surface area (Å²) < 4.78 is 0. The van der Waals surface area contributed by atoms with E-state index >= 15 is 0 Å². The van der Waals surface area contributed by atoms with Crippen molar-refractivity contribution >= 4 is 22.7 Å². The van der Waals surface area contributed by atoms with Crippen molar-refractivity contribution < 1.29 is 10.2 Å². The Bertz CT molecular complexity index is 1370. The minimum Gasteiger partial charge on any atom is -0.508 e. The van der Waals surface area contributed by atoms with Gasteiger partial charge in [0.1, 0.15) is 11.5 Å². The van der Waals surface area contributed by atoms with E-state index in [1.54, 1.807) is 48.5 Å². The van der Waals surface area contributed by atoms with Crippen molar-refractivity contribution in [2.24, 2.45) is 20.5 Å². The van der Waals surface area contributed by atoms with Crippen LogP contribution in [0.25, 0.3) is 22.3 Å². The highest BCUT2D eigenvalue weighted by atomic mass is 16.3. The molecule has 0 saturated heterocycles. The SMILES string of the molecule is Oc1ccc(N=Nc2ccc(-c3ccc(-c4ccc(N=Nc5ccc(O)cc5)cc4)cc3)cc2)cc1. The molecule has 36 heavy (non-hydrogen) atoms. The van der Waals surface area contributed by atoms with Crippen LogP contribution in [0.4, 0.5) is 22.7 Å². The zero-order valence-electron chi connectivity index (χ0n) is 19.2. The standard InChI is InChI=1S/C30H22N4O2/c35-29-17-13-27(14-18-29)33-31-25-9-5-23(6-10-25)21-1-2-22(4-3-21)24-7-11-26(12-8-24)32-34-28-15-19-30(36)20-16-28/h1-20,35-36H. The molecule has 5 aromatic carbocycles. The first-order chi connectivity index (χ1) is 17.6. The highest BCUT2D eigenvalue weighted by molar-refractivity contribution is 5.71. The Hall–Kier alpha value is -5.10. The number of aromatic hydroxyl groups is 2. The summed E-state index contributed by atoms with van der Waals surface area (Å²) in [5.74, 6) is 0.407. The fourth-order valence-corrected chi connectivity index (χ4v) is 3.57. The maximum atomic E-state index is 9.35. The Morgan fingerprint density at radius 3 is 0.722 bits per heavy atom. The van der Waals surface area contributed by atoms with E-state index in [0.29, 0.717) is 11.4 Å². The quantitative estimate of drug-likeness (QED) is 0.242. The molecule has 5 rings (SSSR count). The minimum atomic E-state index is 0.203. The highest BCUT2D eigenvalue weighted by Gasteiger charge is 2.02. The zero-order chi connectivity index (χ0) is 24.7. The molecule has 0 aromatic heterocycles. The molecule has 5 aromatic rings. The lowest BCUT2D eigenvalue weighted by molar-refractivity contribution is 0.475. The lowest BCUT2D eigenvalue weighted by Gasteiger charge is -2.06. The molecule has 0 radical (unpaired) electrons. The van der Waals surface area contributed by atoms with Crippen LogP contribution in [0.5, 0.6) is 11.5 Å². The first-order valence-corrected chi connectivity index (χ1v) is 11.3. The molecule has 0 fully saturated rings. The molecule has 0 heterocycles. The molecule has 0 aliphatic carbocycles. The summed E-state index contributed by atoms with van der Waals surface area (Å²) in [6.45, 7) is 0. The van der Waals surface area contributed by atoms with Crippen LogP contribution in [0.1, 0.15) is 0 Å². The van der Waals surface area contributed by atoms with Crippen molar-refractivity contribution in [3.63, 3.8) is 0 Å². The average molecular weight is 471 g/mol. The third kappa shape index (κ3) is 5.69. The van der Waals surface area contributed by atoms with Gasteiger partial charge in [0.05, 0.1) is 22.7 Å². The topological polar surface area (TPSA) is 89.9 Å². The Balaban J connectivity index is 1.24. The molecule has 0 atom stereocenters. The Morgan fingerprint density at radius 2 is 0.472 bits per heavy atom. The maximum Gasteiger partial charge on any atom is 0.115 e. The second-order valence-corrected chi connectivity index (χ2v) is 8.10. The van der Waals surface area contributed by atoms with Crippen LogP contribution in [0.2, 0.25) is 0 Å². The molecular weight excluding hydrogens is 448 g/mol. The molecule has 6 nitrogen and oxygen atoms in total. The first-order valence-electron chi connectivity index (χ1n) is 11.3. The second-order valence-electron chi connectivity index (χ2n) is 8.10. The molecule has 6 heteroatoms. The summed E-state index contributed by atoms with van der Waals surface area (Å²) in [7, 11) is 0. The Morgan fingerprint density at radius 1 is 0.278 bits per heavy atom. The molecular formula is C30H22N4O2. The highest BCUT2D eigenvalue weighted by Crippen LogP contribution is 2.29. The molecule has 0 aliphatic rings. The van der Waals surface area contributed by atoms with Gasteiger partial charge in [-0.3, -0.25) is 0 Å². The van der Waals surface area contributed by atoms with Crippen LogP contribution in [0, 0.1) is 0 Å². The molecule has 0 saturated carbocycles. The van der Waals surface area contributed by atoms with Crippen LogP contribution in [0.3, 0.4) is 0 Å². The number of nitrogens with zero attached hydrogens (tertiary/aromatic N) is 4. The smallest absolute Gasteiger partial charge is 0.115 e. The van der Waals surface area contributed by atoms with Gasteiger partial charge < -0.3 is 10.2 Å². The van der Waals surface area contributed by atoms with E-state index in [1.807, 2.05) is 48.5 Å². The van der Waals surface area contributed by atoms with Crippen molar-refractivity contribution in [3.8, 4) is 33.8 Å². The molecule has 0 amide bonds. The monoisotopic (exact) mass is 470 g/mol. The summed E-state index contributed by atoms with van der Waals surface area (Å²) in [6.07, 6.45) is 0. The molecule has 0 aliphatic heterocycles. The summed E-state index contributed by atoms with van der Waals surface area (Å²) >= 11 is 0. The van der Waals surface area contributed by atoms with Crippen molar-refractivity contribution in [3.05, 3.63) is 121 Å². The van der Waals surface area contributed by atoms with E-state index in [4.69, 9.17) is 0 Å². The van der Waals surface area contributed by atoms with E-state index in [2.05, 4.69) is 44.7 Å². The number of benzene rings is 5. The van der Waals surface area contributed by atoms with Crippen LogP contribution in [-0.4, -0.2) is 10.2 Å². The Labute approximate surface area is 208 Å². The van der Waals surface area contributed by atoms with Gasteiger partial charge in [-0.2, -0.15) is 20.5 Å². The van der Waals surface area contributed by atoms with Crippen LogP contribution in [0.15, 0.2) is 142 Å². The van der Waals surface area contributed by atoms with Crippen molar-refractivity contribution in [2.75, 3.05) is 0 Å². The Kier molecular flexibility index (Phi) is 6.58. The van der Waals surface area contributed by atoms with Gasteiger partial charge in [-0.1, -0.05) is 48.5 Å². The number of phenols is 2. The number of azo groups is 2. The summed E-state index contributed by atoms with van der Waals surface area (Å²) in [5, 5.41) is 35.6. The number of hydrogen-bond acceptors (Lipinski definition) is 6. The minimum absolute atomic E-state index is 0.203. The van der Waals surface area contributed by atoms with Gasteiger partial charge >= 0.3 is 0 Å². The second kappa shape index (κ2) is 10.4. The fourth-order valence-electron chi connectivity index (χ4n) is 3.57. The van der Waals surface area contributed by atoms with Crippen LogP contribution in [-0.2, 0) is 0 Å². The van der Waals surface area contributed by atoms with Gasteiger partial charge in [0.15, 0.2) is 0 Å². The predicted molar refractivity (Wildman–Crippen MR) is 142 cm³/mol. The van der Waals surface area contributed by atoms with Gasteiger partial charge in [0, 0.05) is 0 Å². The van der Waals surface area contributed by atoms with Gasteiger partial charge in [-0.25, -0.2) is 0 Å². The molecule has 0 unspecified atom stereocenters. The van der Waals surface area contributed by atoms with E-state index in [9.17, 15) is 10.2 Å². The summed E-state index contributed by atoms with van der Waals surface area (Å²) in [5.41, 5.74) is 7.28. The van der Waals surface area contributed by atoms with E-state index in [0.717, 1.165) is 33.6 Å². The lowest BCUT2D eigenvalue weighted by atomic mass is 10.00. The van der Waals surface area contributed by atoms with E-state index < -0.39 is 0 Å². The van der Waals surface area contributed by atoms with Gasteiger partial charge in [-0.05, 0) is 95.1 Å². The normalized spacial score (nSPS) is 11.3. The number of hydrogen-bond donors (Lipinski definition) is 2. The van der Waals surface area contributed by atoms with Crippen LogP contribution < -0.4 is 0 Å². The molecule has 174 valence electrons. The third-order valence-electron chi connectivity index (χ3n) is 5.55. The van der Waals surface area contributed by atoms with Gasteiger partial charge in [-0.15, -0.1) is 0 Å². The summed E-state index contributed by atoms with van der Waals surface area (Å²) in [4.78, 5) is 0. The third-order valence-corrected chi connectivity index (χ3v) is 5.55. The molecule has 0 spiro atoms. The van der Waals surface area contributed by atoms with E-state index in [-0.39, 0.29) is 11.5 Å². The lowest BCUT2D eigenvalue weighted by Crippen LogP contribution is -1.80. The molecule has 2 N–H and O–H groups in total. The molecule has 0 bridgehead atoms. The average Bonchev–Trinajstić information content (AvgIpc) is 2.93. The first kappa shape index (κ1) is 22.7. The number of rotatable bonds is 6. The van der Waals surface area contributed by atoms with Crippen molar-refractivity contribution in [1.29, 1.82) is 0 Å². The van der Waals surface area contributed by atoms with Crippen molar-refractivity contribution in [2.45, 2.75) is 0 Å².